The Morgan fingerprint density at radius 2 is 1.43 bits per heavy atom. The van der Waals surface area contributed by atoms with E-state index in [1.807, 2.05) is 37.3 Å². The molecule has 3 N–H and O–H groups in total. The fourth-order valence-electron chi connectivity index (χ4n) is 2.80. The van der Waals surface area contributed by atoms with Gasteiger partial charge in [-0.25, -0.2) is 4.79 Å². The lowest BCUT2D eigenvalue weighted by Gasteiger charge is -2.16. The van der Waals surface area contributed by atoms with E-state index in [2.05, 4.69) is 10.6 Å². The summed E-state index contributed by atoms with van der Waals surface area (Å²) in [5.41, 5.74) is 0.952. The van der Waals surface area contributed by atoms with E-state index < -0.39 is 28.7 Å². The Bertz CT molecular complexity index is 874. The molecule has 0 aromatic heterocycles. The van der Waals surface area contributed by atoms with Crippen molar-refractivity contribution < 1.29 is 23.7 Å². The molecule has 2 aromatic rings. The van der Waals surface area contributed by atoms with E-state index in [1.54, 1.807) is 30.3 Å². The Labute approximate surface area is 178 Å². The number of aliphatic carboxylic acids is 1. The number of carboxylic acids is 1. The second-order valence-corrected chi connectivity index (χ2v) is 8.38. The first-order valence-electron chi connectivity index (χ1n) is 9.66. The molecule has 0 saturated carbocycles. The first-order chi connectivity index (χ1) is 14.4. The van der Waals surface area contributed by atoms with Crippen LogP contribution in [0.4, 0.5) is 0 Å². The van der Waals surface area contributed by atoms with E-state index in [0.717, 1.165) is 5.56 Å². The lowest BCUT2D eigenvalue weighted by Crippen LogP contribution is -2.42. The molecule has 0 fully saturated rings. The predicted octanol–water partition coefficient (Wildman–Crippen LogP) is 2.41. The van der Waals surface area contributed by atoms with E-state index in [4.69, 9.17) is 0 Å². The lowest BCUT2D eigenvalue weighted by atomic mass is 10.1. The molecule has 7 nitrogen and oxygen atoms in total. The molecule has 0 heterocycles. The van der Waals surface area contributed by atoms with Crippen LogP contribution in [0.15, 0.2) is 65.6 Å². The zero-order valence-electron chi connectivity index (χ0n) is 16.7. The van der Waals surface area contributed by atoms with Gasteiger partial charge in [0.1, 0.15) is 6.04 Å². The monoisotopic (exact) mass is 430 g/mol. The molecular formula is C22H26N2O5S. The highest BCUT2D eigenvalue weighted by atomic mass is 32.2. The summed E-state index contributed by atoms with van der Waals surface area (Å²) in [7, 11) is -1.35. The van der Waals surface area contributed by atoms with Crippen molar-refractivity contribution in [2.75, 3.05) is 5.75 Å². The molecule has 0 bridgehead atoms. The van der Waals surface area contributed by atoms with Crippen molar-refractivity contribution in [1.29, 1.82) is 0 Å². The molecule has 0 aliphatic rings. The van der Waals surface area contributed by atoms with Crippen LogP contribution in [0.5, 0.6) is 0 Å². The Balaban J connectivity index is 1.77. The number of amides is 2. The molecule has 8 heteroatoms. The second-order valence-electron chi connectivity index (χ2n) is 6.81. The highest BCUT2D eigenvalue weighted by Crippen LogP contribution is 2.11. The van der Waals surface area contributed by atoms with Gasteiger partial charge in [0.15, 0.2) is 0 Å². The summed E-state index contributed by atoms with van der Waals surface area (Å²) in [5.74, 6) is -1.92. The van der Waals surface area contributed by atoms with Crippen molar-refractivity contribution in [3.63, 3.8) is 0 Å². The number of carboxylic acid groups (broad SMARTS) is 1. The molecule has 0 saturated heterocycles. The first kappa shape index (κ1) is 23.3. The van der Waals surface area contributed by atoms with E-state index in [-0.39, 0.29) is 37.0 Å². The molecule has 160 valence electrons. The molecule has 3 atom stereocenters. The van der Waals surface area contributed by atoms with Gasteiger partial charge in [0, 0.05) is 23.5 Å². The van der Waals surface area contributed by atoms with Crippen LogP contribution in [0.25, 0.3) is 0 Å². The molecule has 0 aliphatic carbocycles. The van der Waals surface area contributed by atoms with Crippen molar-refractivity contribution >= 4 is 28.6 Å². The highest BCUT2D eigenvalue weighted by Gasteiger charge is 2.21. The highest BCUT2D eigenvalue weighted by molar-refractivity contribution is 7.85. The van der Waals surface area contributed by atoms with E-state index in [1.165, 1.54) is 0 Å². The average Bonchev–Trinajstić information content (AvgIpc) is 2.76. The zero-order valence-corrected chi connectivity index (χ0v) is 17.6. The summed E-state index contributed by atoms with van der Waals surface area (Å²) >= 11 is 0. The molecule has 2 aromatic carbocycles. The SMILES string of the molecule is C[C@@H](NC(=O)CCC(=O)N[C@H](CC[S@](=O)c1ccccc1)C(=O)O)c1ccccc1. The summed E-state index contributed by atoms with van der Waals surface area (Å²) < 4.78 is 12.2. The maximum absolute atomic E-state index is 12.2. The lowest BCUT2D eigenvalue weighted by molar-refractivity contribution is -0.141. The fourth-order valence-corrected chi connectivity index (χ4v) is 3.95. The van der Waals surface area contributed by atoms with Crippen LogP contribution < -0.4 is 10.6 Å². The quantitative estimate of drug-likeness (QED) is 0.507. The minimum atomic E-state index is -1.35. The molecule has 0 radical (unpaired) electrons. The Morgan fingerprint density at radius 3 is 2.00 bits per heavy atom. The number of hydrogen-bond acceptors (Lipinski definition) is 4. The van der Waals surface area contributed by atoms with Gasteiger partial charge in [-0.1, -0.05) is 48.5 Å². The van der Waals surface area contributed by atoms with Gasteiger partial charge in [-0.2, -0.15) is 0 Å². The van der Waals surface area contributed by atoms with Crippen LogP contribution in [0.3, 0.4) is 0 Å². The third-order valence-electron chi connectivity index (χ3n) is 4.49. The average molecular weight is 431 g/mol. The Hall–Kier alpha value is -3.00. The van der Waals surface area contributed by atoms with Gasteiger partial charge < -0.3 is 15.7 Å². The summed E-state index contributed by atoms with van der Waals surface area (Å²) in [4.78, 5) is 36.2. The standard InChI is InChI=1S/C22H26N2O5S/c1-16(17-8-4-2-5-9-17)23-20(25)12-13-21(26)24-19(22(27)28)14-15-30(29)18-10-6-3-7-11-18/h2-11,16,19H,12-15H2,1H3,(H,23,25)(H,24,26)(H,27,28)/t16-,19-,30+/m1/s1. The molecular weight excluding hydrogens is 404 g/mol. The van der Waals surface area contributed by atoms with E-state index in [0.29, 0.717) is 4.90 Å². The van der Waals surface area contributed by atoms with Crippen molar-refractivity contribution in [3.05, 3.63) is 66.2 Å². The number of rotatable bonds is 11. The van der Waals surface area contributed by atoms with Crippen molar-refractivity contribution in [3.8, 4) is 0 Å². The van der Waals surface area contributed by atoms with Crippen molar-refractivity contribution in [2.24, 2.45) is 0 Å². The van der Waals surface area contributed by atoms with Gasteiger partial charge >= 0.3 is 5.97 Å². The predicted molar refractivity (Wildman–Crippen MR) is 114 cm³/mol. The Morgan fingerprint density at radius 1 is 0.900 bits per heavy atom. The molecule has 0 spiro atoms. The Kier molecular flexibility index (Phi) is 9.21. The summed E-state index contributed by atoms with van der Waals surface area (Å²) in [5, 5.41) is 14.6. The summed E-state index contributed by atoms with van der Waals surface area (Å²) in [6.07, 6.45) is -0.149. The van der Waals surface area contributed by atoms with E-state index in [9.17, 15) is 23.7 Å². The second kappa shape index (κ2) is 11.9. The topological polar surface area (TPSA) is 113 Å². The van der Waals surface area contributed by atoms with Gasteiger partial charge in [-0.05, 0) is 31.0 Å². The third kappa shape index (κ3) is 7.79. The van der Waals surface area contributed by atoms with Gasteiger partial charge in [-0.15, -0.1) is 0 Å². The molecule has 0 unspecified atom stereocenters. The molecule has 30 heavy (non-hydrogen) atoms. The van der Waals surface area contributed by atoms with Gasteiger partial charge in [0.25, 0.3) is 0 Å². The van der Waals surface area contributed by atoms with Crippen LogP contribution in [-0.2, 0) is 25.2 Å². The number of carbonyl (C=O) groups is 3. The number of carbonyl (C=O) groups excluding carboxylic acids is 2. The maximum atomic E-state index is 12.2. The van der Waals surface area contributed by atoms with Crippen LogP contribution in [0.2, 0.25) is 0 Å². The normalized spacial score (nSPS) is 13.6. The van der Waals surface area contributed by atoms with Crippen molar-refractivity contribution in [1.82, 2.24) is 10.6 Å². The van der Waals surface area contributed by atoms with E-state index >= 15 is 0 Å². The van der Waals surface area contributed by atoms with Gasteiger partial charge in [-0.3, -0.25) is 13.8 Å². The number of benzene rings is 2. The van der Waals surface area contributed by atoms with Gasteiger partial charge in [0.05, 0.1) is 16.8 Å². The fraction of sp³-hybridized carbons (Fsp3) is 0.318. The molecule has 0 aliphatic heterocycles. The number of hydrogen-bond donors (Lipinski definition) is 3. The minimum absolute atomic E-state index is 0.0276. The largest absolute Gasteiger partial charge is 0.480 e. The summed E-state index contributed by atoms with van der Waals surface area (Å²) in [6, 6.07) is 16.8. The van der Waals surface area contributed by atoms with Gasteiger partial charge in [0.2, 0.25) is 11.8 Å². The number of nitrogens with one attached hydrogen (secondary N) is 2. The minimum Gasteiger partial charge on any atom is -0.480 e. The summed E-state index contributed by atoms with van der Waals surface area (Å²) in [6.45, 7) is 1.85. The van der Waals surface area contributed by atoms with Crippen LogP contribution in [-0.4, -0.2) is 38.9 Å². The van der Waals surface area contributed by atoms with Crippen LogP contribution in [0, 0.1) is 0 Å². The first-order valence-corrected chi connectivity index (χ1v) is 11.0. The maximum Gasteiger partial charge on any atom is 0.326 e. The molecule has 2 rings (SSSR count). The zero-order chi connectivity index (χ0) is 21.9. The third-order valence-corrected chi connectivity index (χ3v) is 5.89. The van der Waals surface area contributed by atoms with Crippen LogP contribution in [0.1, 0.15) is 37.8 Å². The van der Waals surface area contributed by atoms with Crippen LogP contribution >= 0.6 is 0 Å². The smallest absolute Gasteiger partial charge is 0.326 e. The molecule has 2 amide bonds. The van der Waals surface area contributed by atoms with Crippen molar-refractivity contribution in [2.45, 2.75) is 43.2 Å².